The van der Waals surface area contributed by atoms with E-state index in [0.29, 0.717) is 13.2 Å². The Morgan fingerprint density at radius 1 is 1.47 bits per heavy atom. The van der Waals surface area contributed by atoms with E-state index in [4.69, 9.17) is 10.00 Å². The molecule has 6 nitrogen and oxygen atoms in total. The minimum absolute atomic E-state index is 0.104. The summed E-state index contributed by atoms with van der Waals surface area (Å²) in [5, 5.41) is 8.67. The molecule has 2 rings (SSSR count). The summed E-state index contributed by atoms with van der Waals surface area (Å²) >= 11 is 0. The number of rotatable bonds is 2. The smallest absolute Gasteiger partial charge is 0.245 e. The fraction of sp³-hybridized carbons (Fsp3) is 0.500. The van der Waals surface area contributed by atoms with E-state index >= 15 is 0 Å². The Bertz CT molecular complexity index is 592. The molecule has 1 aromatic rings. The topological polar surface area (TPSA) is 83.3 Å². The Balaban J connectivity index is 2.33. The number of nitrogens with zero attached hydrogens (tertiary/aromatic N) is 3. The molecule has 0 amide bonds. The molecule has 1 aliphatic heterocycles. The Labute approximate surface area is 112 Å². The van der Waals surface area contributed by atoms with Crippen LogP contribution in [0.5, 0.6) is 0 Å². The fourth-order valence-corrected chi connectivity index (χ4v) is 3.58. The van der Waals surface area contributed by atoms with Crippen LogP contribution in [0, 0.1) is 11.3 Å². The molecule has 2 atom stereocenters. The van der Waals surface area contributed by atoms with E-state index in [1.54, 1.807) is 6.92 Å². The summed E-state index contributed by atoms with van der Waals surface area (Å²) in [7, 11) is -3.59. The molecule has 19 heavy (non-hydrogen) atoms. The molecule has 1 aromatic heterocycles. The molecule has 7 heteroatoms. The molecule has 0 spiro atoms. The van der Waals surface area contributed by atoms with Gasteiger partial charge in [0, 0.05) is 18.8 Å². The van der Waals surface area contributed by atoms with E-state index in [1.165, 1.54) is 22.6 Å². The molecule has 0 N–H and O–H groups in total. The first-order chi connectivity index (χ1) is 8.95. The van der Waals surface area contributed by atoms with Crippen molar-refractivity contribution in [1.29, 1.82) is 5.26 Å². The summed E-state index contributed by atoms with van der Waals surface area (Å²) in [5.41, 5.74) is 0.197. The number of nitriles is 1. The van der Waals surface area contributed by atoms with Crippen LogP contribution in [0.25, 0.3) is 0 Å². The highest BCUT2D eigenvalue weighted by Crippen LogP contribution is 2.21. The van der Waals surface area contributed by atoms with Gasteiger partial charge in [0.2, 0.25) is 10.0 Å². The number of hydrogen-bond donors (Lipinski definition) is 0. The molecular formula is C12H15N3O3S. The van der Waals surface area contributed by atoms with Gasteiger partial charge >= 0.3 is 0 Å². The predicted octanol–water partition coefficient (Wildman–Crippen LogP) is 0.751. The normalized spacial score (nSPS) is 24.9. The zero-order valence-corrected chi connectivity index (χ0v) is 11.6. The Kier molecular flexibility index (Phi) is 3.85. The first kappa shape index (κ1) is 13.9. The molecule has 2 heterocycles. The van der Waals surface area contributed by atoms with Crippen LogP contribution in [0.4, 0.5) is 0 Å². The predicted molar refractivity (Wildman–Crippen MR) is 67.7 cm³/mol. The van der Waals surface area contributed by atoms with Crippen LogP contribution in [-0.4, -0.2) is 43.0 Å². The molecule has 2 unspecified atom stereocenters. The lowest BCUT2D eigenvalue weighted by Crippen LogP contribution is -2.50. The molecule has 0 bridgehead atoms. The monoisotopic (exact) mass is 281 g/mol. The Hall–Kier alpha value is -1.49. The van der Waals surface area contributed by atoms with Gasteiger partial charge < -0.3 is 4.74 Å². The van der Waals surface area contributed by atoms with Crippen LogP contribution < -0.4 is 0 Å². The number of pyridine rings is 1. The zero-order valence-electron chi connectivity index (χ0n) is 10.8. The van der Waals surface area contributed by atoms with Crippen molar-refractivity contribution in [3.8, 4) is 6.07 Å². The second-order valence-electron chi connectivity index (χ2n) is 4.56. The molecule has 0 saturated carbocycles. The number of sulfonamides is 1. The SMILES string of the molecule is CC1CN(S(=O)(=O)c2ccc(C#N)nc2)C(C)CO1. The number of aromatic nitrogens is 1. The van der Waals surface area contributed by atoms with Gasteiger partial charge in [-0.25, -0.2) is 13.4 Å². The number of morpholine rings is 1. The minimum Gasteiger partial charge on any atom is -0.375 e. The highest BCUT2D eigenvalue weighted by Gasteiger charge is 2.34. The van der Waals surface area contributed by atoms with Gasteiger partial charge in [-0.05, 0) is 26.0 Å². The van der Waals surface area contributed by atoms with E-state index in [-0.39, 0.29) is 22.7 Å². The molecule has 1 aliphatic rings. The molecule has 1 fully saturated rings. The number of ether oxygens (including phenoxy) is 1. The maximum Gasteiger partial charge on any atom is 0.245 e. The van der Waals surface area contributed by atoms with E-state index in [1.807, 2.05) is 13.0 Å². The van der Waals surface area contributed by atoms with E-state index in [2.05, 4.69) is 4.98 Å². The van der Waals surface area contributed by atoms with Gasteiger partial charge in [0.05, 0.1) is 12.7 Å². The van der Waals surface area contributed by atoms with Gasteiger partial charge in [0.25, 0.3) is 0 Å². The van der Waals surface area contributed by atoms with Gasteiger partial charge in [-0.3, -0.25) is 0 Å². The Morgan fingerprint density at radius 2 is 2.21 bits per heavy atom. The summed E-state index contributed by atoms with van der Waals surface area (Å²) in [6.45, 7) is 4.35. The third-order valence-electron chi connectivity index (χ3n) is 3.01. The van der Waals surface area contributed by atoms with Crippen LogP contribution in [0.1, 0.15) is 19.5 Å². The average molecular weight is 281 g/mol. The molecule has 0 radical (unpaired) electrons. The quantitative estimate of drug-likeness (QED) is 0.798. The van der Waals surface area contributed by atoms with Crippen molar-refractivity contribution in [2.45, 2.75) is 30.9 Å². The zero-order chi connectivity index (χ0) is 14.0. The molecule has 1 saturated heterocycles. The van der Waals surface area contributed by atoms with E-state index in [9.17, 15) is 8.42 Å². The Morgan fingerprint density at radius 3 is 2.79 bits per heavy atom. The van der Waals surface area contributed by atoms with Gasteiger partial charge in [-0.15, -0.1) is 0 Å². The molecule has 0 aliphatic carbocycles. The van der Waals surface area contributed by atoms with Crippen molar-refractivity contribution in [2.75, 3.05) is 13.2 Å². The lowest BCUT2D eigenvalue weighted by molar-refractivity contribution is -0.0170. The van der Waals surface area contributed by atoms with Crippen molar-refractivity contribution in [1.82, 2.24) is 9.29 Å². The third-order valence-corrected chi connectivity index (χ3v) is 4.97. The van der Waals surface area contributed by atoms with Crippen LogP contribution in [0.3, 0.4) is 0 Å². The highest BCUT2D eigenvalue weighted by molar-refractivity contribution is 7.89. The second-order valence-corrected chi connectivity index (χ2v) is 6.45. The summed E-state index contributed by atoms with van der Waals surface area (Å²) in [5.74, 6) is 0. The summed E-state index contributed by atoms with van der Waals surface area (Å²) < 4.78 is 31.8. The van der Waals surface area contributed by atoms with Gasteiger partial charge in [0.1, 0.15) is 16.7 Å². The van der Waals surface area contributed by atoms with Crippen LogP contribution >= 0.6 is 0 Å². The first-order valence-electron chi connectivity index (χ1n) is 5.94. The summed E-state index contributed by atoms with van der Waals surface area (Å²) in [4.78, 5) is 3.91. The van der Waals surface area contributed by atoms with Crippen LogP contribution in [0.2, 0.25) is 0 Å². The van der Waals surface area contributed by atoms with Crippen molar-refractivity contribution >= 4 is 10.0 Å². The van der Waals surface area contributed by atoms with Crippen molar-refractivity contribution in [3.63, 3.8) is 0 Å². The minimum atomic E-state index is -3.59. The average Bonchev–Trinajstić information content (AvgIpc) is 2.41. The molecule has 102 valence electrons. The lowest BCUT2D eigenvalue weighted by Gasteiger charge is -2.35. The maximum absolute atomic E-state index is 12.5. The fourth-order valence-electron chi connectivity index (χ4n) is 1.94. The first-order valence-corrected chi connectivity index (χ1v) is 7.38. The highest BCUT2D eigenvalue weighted by atomic mass is 32.2. The molecular weight excluding hydrogens is 266 g/mol. The van der Waals surface area contributed by atoms with E-state index < -0.39 is 10.0 Å². The van der Waals surface area contributed by atoms with Gasteiger partial charge in [0.15, 0.2) is 0 Å². The summed E-state index contributed by atoms with van der Waals surface area (Å²) in [6, 6.07) is 4.46. The van der Waals surface area contributed by atoms with Crippen LogP contribution in [-0.2, 0) is 14.8 Å². The van der Waals surface area contributed by atoms with E-state index in [0.717, 1.165) is 0 Å². The lowest BCUT2D eigenvalue weighted by atomic mass is 10.2. The van der Waals surface area contributed by atoms with Gasteiger partial charge in [-0.1, -0.05) is 0 Å². The third kappa shape index (κ3) is 2.76. The number of hydrogen-bond acceptors (Lipinski definition) is 5. The van der Waals surface area contributed by atoms with Crippen LogP contribution in [0.15, 0.2) is 23.2 Å². The van der Waals surface area contributed by atoms with Crippen molar-refractivity contribution < 1.29 is 13.2 Å². The van der Waals surface area contributed by atoms with Gasteiger partial charge in [-0.2, -0.15) is 9.57 Å². The van der Waals surface area contributed by atoms with Crippen molar-refractivity contribution in [3.05, 3.63) is 24.0 Å². The largest absolute Gasteiger partial charge is 0.375 e. The van der Waals surface area contributed by atoms with Crippen molar-refractivity contribution in [2.24, 2.45) is 0 Å². The summed E-state index contributed by atoms with van der Waals surface area (Å²) in [6.07, 6.45) is 1.10. The maximum atomic E-state index is 12.5. The second kappa shape index (κ2) is 5.25. The molecule has 0 aromatic carbocycles. The standard InChI is InChI=1S/C12H15N3O3S/c1-9-8-18-10(2)7-15(9)19(16,17)12-4-3-11(5-13)14-6-12/h3-4,6,9-10H,7-8H2,1-2H3.